The van der Waals surface area contributed by atoms with Crippen LogP contribution in [0.15, 0.2) is 120 Å². The Morgan fingerprint density at radius 2 is 1.41 bits per heavy atom. The molecule has 0 aliphatic heterocycles. The lowest BCUT2D eigenvalue weighted by molar-refractivity contribution is 0.00707. The molecule has 41 heavy (non-hydrogen) atoms. The first-order valence-electron chi connectivity index (χ1n) is 13.3. The van der Waals surface area contributed by atoms with E-state index in [-0.39, 0.29) is 5.56 Å². The van der Waals surface area contributed by atoms with Crippen molar-refractivity contribution in [1.82, 2.24) is 0 Å². The van der Waals surface area contributed by atoms with Crippen LogP contribution in [0.2, 0.25) is 0 Å². The van der Waals surface area contributed by atoms with Crippen molar-refractivity contribution in [3.05, 3.63) is 132 Å². The minimum Gasteiger partial charge on any atom is -0.488 e. The van der Waals surface area contributed by atoms with Gasteiger partial charge in [-0.2, -0.15) is 0 Å². The maximum absolute atomic E-state index is 13.9. The number of amides is 1. The zero-order valence-corrected chi connectivity index (χ0v) is 23.2. The molecule has 0 saturated carbocycles. The number of esters is 1. The molecule has 1 aromatic heterocycles. The summed E-state index contributed by atoms with van der Waals surface area (Å²) in [6, 6.07) is 32.0. The number of anilines is 1. The molecule has 1 heterocycles. The highest BCUT2D eigenvalue weighted by molar-refractivity contribution is 6.10. The molecule has 5 aromatic rings. The molecule has 0 bridgehead atoms. The average molecular weight is 546 g/mol. The van der Waals surface area contributed by atoms with Gasteiger partial charge in [0.05, 0.1) is 29.3 Å². The van der Waals surface area contributed by atoms with E-state index in [2.05, 4.69) is 5.32 Å². The summed E-state index contributed by atoms with van der Waals surface area (Å²) >= 11 is 0. The summed E-state index contributed by atoms with van der Waals surface area (Å²) < 4.78 is 17.0. The number of hydrogen-bond acceptors (Lipinski definition) is 5. The molecule has 0 radical (unpaired) electrons. The van der Waals surface area contributed by atoms with Gasteiger partial charge in [-0.3, -0.25) is 4.79 Å². The van der Waals surface area contributed by atoms with E-state index in [9.17, 15) is 9.59 Å². The Kier molecular flexibility index (Phi) is 8.01. The van der Waals surface area contributed by atoms with Crippen molar-refractivity contribution in [1.29, 1.82) is 0 Å². The Morgan fingerprint density at radius 1 is 0.732 bits per heavy atom. The van der Waals surface area contributed by atoms with Crippen LogP contribution in [-0.2, 0) is 11.3 Å². The average Bonchev–Trinajstić information content (AvgIpc) is 3.51. The van der Waals surface area contributed by atoms with Crippen molar-refractivity contribution >= 4 is 17.6 Å². The predicted molar refractivity (Wildman–Crippen MR) is 160 cm³/mol. The summed E-state index contributed by atoms with van der Waals surface area (Å²) in [5.41, 5.74) is 4.61. The van der Waals surface area contributed by atoms with E-state index in [1.54, 1.807) is 57.6 Å². The minimum atomic E-state index is -0.701. The fourth-order valence-electron chi connectivity index (χ4n) is 4.34. The molecule has 0 aliphatic carbocycles. The first-order chi connectivity index (χ1) is 19.8. The molecule has 0 saturated heterocycles. The molecule has 0 spiro atoms. The number of rotatable bonds is 8. The highest BCUT2D eigenvalue weighted by atomic mass is 16.6. The molecule has 6 heteroatoms. The van der Waals surface area contributed by atoms with E-state index in [1.165, 1.54) is 0 Å². The predicted octanol–water partition coefficient (Wildman–Crippen LogP) is 8.40. The van der Waals surface area contributed by atoms with Crippen molar-refractivity contribution in [2.24, 2.45) is 0 Å². The molecule has 6 nitrogen and oxygen atoms in total. The Hall–Kier alpha value is -5.10. The fourth-order valence-corrected chi connectivity index (χ4v) is 4.34. The van der Waals surface area contributed by atoms with Gasteiger partial charge in [0.2, 0.25) is 0 Å². The molecule has 0 atom stereocenters. The van der Waals surface area contributed by atoms with Gasteiger partial charge in [-0.15, -0.1) is 0 Å². The van der Waals surface area contributed by atoms with Crippen LogP contribution in [0.5, 0.6) is 5.75 Å². The molecule has 4 aromatic carbocycles. The molecular weight excluding hydrogens is 514 g/mol. The van der Waals surface area contributed by atoms with Crippen LogP contribution in [0, 0.1) is 0 Å². The zero-order chi connectivity index (χ0) is 28.8. The molecule has 0 fully saturated rings. The molecule has 1 N–H and O–H groups in total. The van der Waals surface area contributed by atoms with Gasteiger partial charge in [0.25, 0.3) is 5.91 Å². The SMILES string of the molecule is CC(C)(C)OC(=O)c1ccc(-c2ccccc2)cc1NC(=O)c1cc(-c2ccoc2)ccc1OCc1ccccc1. The van der Waals surface area contributed by atoms with Gasteiger partial charge in [-0.25, -0.2) is 4.79 Å². The summed E-state index contributed by atoms with van der Waals surface area (Å²) in [6.07, 6.45) is 3.20. The topological polar surface area (TPSA) is 77.8 Å². The van der Waals surface area contributed by atoms with Gasteiger partial charge in [0.1, 0.15) is 18.0 Å². The zero-order valence-electron chi connectivity index (χ0n) is 23.2. The van der Waals surface area contributed by atoms with E-state index < -0.39 is 17.5 Å². The highest BCUT2D eigenvalue weighted by Gasteiger charge is 2.23. The van der Waals surface area contributed by atoms with Crippen LogP contribution >= 0.6 is 0 Å². The van der Waals surface area contributed by atoms with E-state index in [1.807, 2.05) is 78.9 Å². The maximum atomic E-state index is 13.9. The van der Waals surface area contributed by atoms with Crippen molar-refractivity contribution < 1.29 is 23.5 Å². The fraction of sp³-hybridized carbons (Fsp3) is 0.143. The number of ether oxygens (including phenoxy) is 2. The van der Waals surface area contributed by atoms with Gasteiger partial charge < -0.3 is 19.2 Å². The quantitative estimate of drug-likeness (QED) is 0.198. The number of furan rings is 1. The summed E-state index contributed by atoms with van der Waals surface area (Å²) in [4.78, 5) is 27.1. The minimum absolute atomic E-state index is 0.255. The van der Waals surface area contributed by atoms with Crippen molar-refractivity contribution in [2.45, 2.75) is 33.0 Å². The third-order valence-electron chi connectivity index (χ3n) is 6.31. The summed E-state index contributed by atoms with van der Waals surface area (Å²) in [7, 11) is 0. The van der Waals surface area contributed by atoms with E-state index in [4.69, 9.17) is 13.9 Å². The highest BCUT2D eigenvalue weighted by Crippen LogP contribution is 2.31. The molecule has 206 valence electrons. The smallest absolute Gasteiger partial charge is 0.340 e. The Morgan fingerprint density at radius 3 is 2.10 bits per heavy atom. The van der Waals surface area contributed by atoms with Crippen LogP contribution in [0.4, 0.5) is 5.69 Å². The van der Waals surface area contributed by atoms with Crippen molar-refractivity contribution in [2.75, 3.05) is 5.32 Å². The lowest BCUT2D eigenvalue weighted by atomic mass is 10.0. The van der Waals surface area contributed by atoms with Crippen LogP contribution < -0.4 is 10.1 Å². The Balaban J connectivity index is 1.52. The Bertz CT molecular complexity index is 1640. The summed E-state index contributed by atoms with van der Waals surface area (Å²) in [5.74, 6) is -0.537. The van der Waals surface area contributed by atoms with Crippen LogP contribution in [0.3, 0.4) is 0 Å². The molecular formula is C35H31NO5. The number of carbonyl (C=O) groups excluding carboxylic acids is 2. The Labute approximate surface area is 239 Å². The number of carbonyl (C=O) groups is 2. The molecule has 0 aliphatic rings. The van der Waals surface area contributed by atoms with Crippen LogP contribution in [0.1, 0.15) is 47.1 Å². The van der Waals surface area contributed by atoms with Gasteiger partial charge in [0, 0.05) is 5.56 Å². The van der Waals surface area contributed by atoms with Crippen LogP contribution in [-0.4, -0.2) is 17.5 Å². The van der Waals surface area contributed by atoms with Gasteiger partial charge in [-0.05, 0) is 73.4 Å². The largest absolute Gasteiger partial charge is 0.488 e. The number of benzene rings is 4. The second-order valence-electron chi connectivity index (χ2n) is 10.6. The monoisotopic (exact) mass is 545 g/mol. The molecule has 1 amide bonds. The summed E-state index contributed by atoms with van der Waals surface area (Å²) in [6.45, 7) is 5.70. The third-order valence-corrected chi connectivity index (χ3v) is 6.31. The first kappa shape index (κ1) is 27.5. The standard InChI is InChI=1S/C35H31NO5/c1-35(2,3)41-34(38)29-16-14-27(25-12-8-5-9-13-25)21-31(29)36-33(37)30-20-26(28-18-19-39-23-28)15-17-32(30)40-22-24-10-6-4-7-11-24/h4-21,23H,22H2,1-3H3,(H,36,37). The second-order valence-corrected chi connectivity index (χ2v) is 10.6. The molecule has 0 unspecified atom stereocenters. The van der Waals surface area contributed by atoms with Gasteiger partial charge in [0.15, 0.2) is 0 Å². The summed E-state index contributed by atoms with van der Waals surface area (Å²) in [5, 5.41) is 2.97. The first-order valence-corrected chi connectivity index (χ1v) is 13.3. The van der Waals surface area contributed by atoms with Gasteiger partial charge in [-0.1, -0.05) is 72.8 Å². The normalized spacial score (nSPS) is 11.1. The van der Waals surface area contributed by atoms with Crippen LogP contribution in [0.25, 0.3) is 22.3 Å². The van der Waals surface area contributed by atoms with Crippen molar-refractivity contribution in [3.63, 3.8) is 0 Å². The maximum Gasteiger partial charge on any atom is 0.340 e. The van der Waals surface area contributed by atoms with Crippen molar-refractivity contribution in [3.8, 4) is 28.0 Å². The van der Waals surface area contributed by atoms with E-state index >= 15 is 0 Å². The van der Waals surface area contributed by atoms with Gasteiger partial charge >= 0.3 is 5.97 Å². The van der Waals surface area contributed by atoms with E-state index in [0.29, 0.717) is 23.6 Å². The number of hydrogen-bond donors (Lipinski definition) is 1. The second kappa shape index (κ2) is 12.0. The lowest BCUT2D eigenvalue weighted by Gasteiger charge is -2.21. The lowest BCUT2D eigenvalue weighted by Crippen LogP contribution is -2.25. The van der Waals surface area contributed by atoms with E-state index in [0.717, 1.165) is 27.8 Å². The third kappa shape index (κ3) is 6.92. The number of nitrogens with one attached hydrogen (secondary N) is 1. The molecule has 5 rings (SSSR count).